The minimum absolute atomic E-state index is 0.0799. The van der Waals surface area contributed by atoms with Crippen molar-refractivity contribution in [3.63, 3.8) is 0 Å². The molecular formula is C24H19ClN4O5S. The molecule has 0 bridgehead atoms. The molecule has 1 aliphatic heterocycles. The number of piperazine rings is 1. The summed E-state index contributed by atoms with van der Waals surface area (Å²) in [5.74, 6) is -0.201. The average Bonchev–Trinajstić information content (AvgIpc) is 3.53. The van der Waals surface area contributed by atoms with Crippen LogP contribution in [0.4, 0.5) is 17.1 Å². The number of anilines is 2. The van der Waals surface area contributed by atoms with Crippen LogP contribution in [-0.2, 0) is 0 Å². The Labute approximate surface area is 208 Å². The lowest BCUT2D eigenvalue weighted by Gasteiger charge is -2.35. The average molecular weight is 511 g/mol. The van der Waals surface area contributed by atoms with Gasteiger partial charge in [0, 0.05) is 49.0 Å². The standard InChI is InChI=1S/C24H19ClN4O5S/c25-20-17-3-1-4-18(29(32)33)21(17)35-22(20)23(30)26-15-6-8-16(9-7-15)27-10-12-28(13-11-27)24(31)19-5-2-14-34-19/h1-9,14H,10-13H2,(H,26,30). The second-order valence-corrected chi connectivity index (χ2v) is 9.31. The molecule has 0 saturated carbocycles. The first kappa shape index (κ1) is 22.9. The third-order valence-corrected chi connectivity index (χ3v) is 7.56. The van der Waals surface area contributed by atoms with E-state index in [9.17, 15) is 19.7 Å². The van der Waals surface area contributed by atoms with Crippen molar-refractivity contribution in [2.75, 3.05) is 36.4 Å². The molecule has 3 heterocycles. The SMILES string of the molecule is O=C(Nc1ccc(N2CCN(C(=O)c3ccco3)CC2)cc1)c1sc2c([N+](=O)[O-])cccc2c1Cl. The van der Waals surface area contributed by atoms with E-state index in [0.29, 0.717) is 47.7 Å². The lowest BCUT2D eigenvalue weighted by Crippen LogP contribution is -2.48. The zero-order chi connectivity index (χ0) is 24.5. The third kappa shape index (κ3) is 4.45. The summed E-state index contributed by atoms with van der Waals surface area (Å²) in [4.78, 5) is 40.3. The van der Waals surface area contributed by atoms with Gasteiger partial charge in [-0.05, 0) is 36.4 Å². The zero-order valence-corrected chi connectivity index (χ0v) is 19.8. The van der Waals surface area contributed by atoms with Crippen LogP contribution in [-0.4, -0.2) is 47.8 Å². The van der Waals surface area contributed by atoms with Crippen LogP contribution in [0.1, 0.15) is 20.2 Å². The molecule has 5 rings (SSSR count). The van der Waals surface area contributed by atoms with Gasteiger partial charge < -0.3 is 19.5 Å². The van der Waals surface area contributed by atoms with Gasteiger partial charge in [0.05, 0.1) is 16.2 Å². The number of halogens is 1. The number of non-ortho nitro benzene ring substituents is 1. The van der Waals surface area contributed by atoms with Crippen molar-refractivity contribution in [1.82, 2.24) is 4.90 Å². The minimum Gasteiger partial charge on any atom is -0.459 e. The summed E-state index contributed by atoms with van der Waals surface area (Å²) in [5, 5.41) is 14.8. The Balaban J connectivity index is 1.24. The van der Waals surface area contributed by atoms with Gasteiger partial charge in [-0.1, -0.05) is 23.7 Å². The Kier molecular flexibility index (Phi) is 6.14. The molecule has 2 aromatic carbocycles. The van der Waals surface area contributed by atoms with Gasteiger partial charge in [0.2, 0.25) is 0 Å². The fraction of sp³-hybridized carbons (Fsp3) is 0.167. The van der Waals surface area contributed by atoms with Crippen molar-refractivity contribution in [2.24, 2.45) is 0 Å². The highest BCUT2D eigenvalue weighted by Crippen LogP contribution is 2.40. The first-order valence-electron chi connectivity index (χ1n) is 10.8. The van der Waals surface area contributed by atoms with Gasteiger partial charge in [-0.15, -0.1) is 11.3 Å². The Morgan fingerprint density at radius 2 is 1.77 bits per heavy atom. The first-order chi connectivity index (χ1) is 16.9. The van der Waals surface area contributed by atoms with Crippen LogP contribution < -0.4 is 10.2 Å². The number of hydrogen-bond acceptors (Lipinski definition) is 7. The van der Waals surface area contributed by atoms with Gasteiger partial charge in [-0.25, -0.2) is 0 Å². The highest BCUT2D eigenvalue weighted by atomic mass is 35.5. The molecule has 178 valence electrons. The predicted octanol–water partition coefficient (Wildman–Crippen LogP) is 5.27. The van der Waals surface area contributed by atoms with Crippen molar-refractivity contribution in [3.8, 4) is 0 Å². The number of nitro benzene ring substituents is 1. The molecule has 0 atom stereocenters. The summed E-state index contributed by atoms with van der Waals surface area (Å²) in [6.07, 6.45) is 1.49. The molecule has 2 amide bonds. The highest BCUT2D eigenvalue weighted by molar-refractivity contribution is 7.22. The molecule has 1 aliphatic rings. The fourth-order valence-corrected chi connectivity index (χ4v) is 5.52. The van der Waals surface area contributed by atoms with E-state index in [4.69, 9.17) is 16.0 Å². The molecule has 1 fully saturated rings. The van der Waals surface area contributed by atoms with Crippen molar-refractivity contribution in [2.45, 2.75) is 0 Å². The smallest absolute Gasteiger partial charge is 0.289 e. The monoisotopic (exact) mass is 510 g/mol. The molecule has 0 aliphatic carbocycles. The molecule has 1 N–H and O–H groups in total. The van der Waals surface area contributed by atoms with Crippen LogP contribution in [0.3, 0.4) is 0 Å². The van der Waals surface area contributed by atoms with E-state index >= 15 is 0 Å². The van der Waals surface area contributed by atoms with Crippen LogP contribution in [0, 0.1) is 10.1 Å². The van der Waals surface area contributed by atoms with Crippen LogP contribution >= 0.6 is 22.9 Å². The van der Waals surface area contributed by atoms with Crippen molar-refractivity contribution in [3.05, 3.63) is 86.6 Å². The maximum absolute atomic E-state index is 12.9. The van der Waals surface area contributed by atoms with Gasteiger partial charge in [0.1, 0.15) is 9.58 Å². The molecule has 9 nitrogen and oxygen atoms in total. The second kappa shape index (κ2) is 9.40. The number of amides is 2. The second-order valence-electron chi connectivity index (χ2n) is 7.91. The molecule has 0 radical (unpaired) electrons. The number of carbonyl (C=O) groups is 2. The van der Waals surface area contributed by atoms with Crippen LogP contribution in [0.2, 0.25) is 5.02 Å². The van der Waals surface area contributed by atoms with Gasteiger partial charge in [-0.2, -0.15) is 0 Å². The molecule has 1 saturated heterocycles. The maximum atomic E-state index is 12.9. The Morgan fingerprint density at radius 3 is 2.43 bits per heavy atom. The normalized spacial score (nSPS) is 13.7. The van der Waals surface area contributed by atoms with Gasteiger partial charge in [0.15, 0.2) is 5.76 Å². The molecular weight excluding hydrogens is 492 g/mol. The topological polar surface area (TPSA) is 109 Å². The summed E-state index contributed by atoms with van der Waals surface area (Å²) in [7, 11) is 0. The number of nitrogens with zero attached hydrogens (tertiary/aromatic N) is 3. The number of nitrogens with one attached hydrogen (secondary N) is 1. The molecule has 2 aromatic heterocycles. The number of hydrogen-bond donors (Lipinski definition) is 1. The lowest BCUT2D eigenvalue weighted by molar-refractivity contribution is -0.382. The summed E-state index contributed by atoms with van der Waals surface area (Å²) in [6.45, 7) is 2.51. The first-order valence-corrected chi connectivity index (χ1v) is 12.0. The Hall–Kier alpha value is -3.89. The Bertz CT molecular complexity index is 1410. The molecule has 11 heteroatoms. The number of fused-ring (bicyclic) bond motifs is 1. The van der Waals surface area contributed by atoms with E-state index in [1.807, 2.05) is 12.1 Å². The highest BCUT2D eigenvalue weighted by Gasteiger charge is 2.25. The number of carbonyl (C=O) groups excluding carboxylic acids is 2. The van der Waals surface area contributed by atoms with E-state index < -0.39 is 10.8 Å². The maximum Gasteiger partial charge on any atom is 0.289 e. The summed E-state index contributed by atoms with van der Waals surface area (Å²) < 4.78 is 5.57. The molecule has 0 unspecified atom stereocenters. The Morgan fingerprint density at radius 1 is 1.03 bits per heavy atom. The van der Waals surface area contributed by atoms with Crippen molar-refractivity contribution in [1.29, 1.82) is 0 Å². The molecule has 4 aromatic rings. The molecule has 0 spiro atoms. The number of rotatable bonds is 5. The fourth-order valence-electron chi connectivity index (χ4n) is 4.03. The van der Waals surface area contributed by atoms with Gasteiger partial charge in [0.25, 0.3) is 17.5 Å². The quantitative estimate of drug-likeness (QED) is 0.289. The van der Waals surface area contributed by atoms with Gasteiger partial charge >= 0.3 is 0 Å². The largest absolute Gasteiger partial charge is 0.459 e. The van der Waals surface area contributed by atoms with E-state index in [1.54, 1.807) is 41.3 Å². The van der Waals surface area contributed by atoms with E-state index in [2.05, 4.69) is 10.2 Å². The number of furan rings is 1. The molecule has 35 heavy (non-hydrogen) atoms. The van der Waals surface area contributed by atoms with Crippen molar-refractivity contribution < 1.29 is 18.9 Å². The van der Waals surface area contributed by atoms with E-state index in [-0.39, 0.29) is 21.5 Å². The summed E-state index contributed by atoms with van der Waals surface area (Å²) in [6, 6.07) is 15.3. The minimum atomic E-state index is -0.484. The zero-order valence-electron chi connectivity index (χ0n) is 18.3. The van der Waals surface area contributed by atoms with Gasteiger partial charge in [-0.3, -0.25) is 19.7 Å². The van der Waals surface area contributed by atoms with E-state index in [1.165, 1.54) is 12.3 Å². The van der Waals surface area contributed by atoms with Crippen LogP contribution in [0.25, 0.3) is 10.1 Å². The lowest BCUT2D eigenvalue weighted by atomic mass is 10.2. The number of thiophene rings is 1. The van der Waals surface area contributed by atoms with E-state index in [0.717, 1.165) is 17.0 Å². The summed E-state index contributed by atoms with van der Waals surface area (Å²) in [5.41, 5.74) is 1.47. The summed E-state index contributed by atoms with van der Waals surface area (Å²) >= 11 is 7.38. The third-order valence-electron chi connectivity index (χ3n) is 5.83. The van der Waals surface area contributed by atoms with Crippen LogP contribution in [0.5, 0.6) is 0 Å². The van der Waals surface area contributed by atoms with Crippen molar-refractivity contribution >= 4 is 61.9 Å². The van der Waals surface area contributed by atoms with Crippen LogP contribution in [0.15, 0.2) is 65.3 Å². The number of benzene rings is 2. The number of nitro groups is 1. The predicted molar refractivity (Wildman–Crippen MR) is 135 cm³/mol.